The average Bonchev–Trinajstić information content (AvgIpc) is 2.47. The fourth-order valence-corrected chi connectivity index (χ4v) is 1.70. The van der Waals surface area contributed by atoms with Gasteiger partial charge in [-0.25, -0.2) is 0 Å². The van der Waals surface area contributed by atoms with Crippen LogP contribution in [0, 0.1) is 0 Å². The third-order valence-corrected chi connectivity index (χ3v) is 2.78. The summed E-state index contributed by atoms with van der Waals surface area (Å²) in [6.07, 6.45) is 0. The first-order valence-electron chi connectivity index (χ1n) is 5.97. The van der Waals surface area contributed by atoms with E-state index in [4.69, 9.17) is 10.5 Å². The van der Waals surface area contributed by atoms with Gasteiger partial charge in [0.05, 0.1) is 7.11 Å². The first-order chi connectivity index (χ1) is 9.22. The topological polar surface area (TPSA) is 64.3 Å². The summed E-state index contributed by atoms with van der Waals surface area (Å²) in [5.41, 5.74) is 7.81. The van der Waals surface area contributed by atoms with Crippen molar-refractivity contribution in [1.82, 2.24) is 0 Å². The zero-order valence-corrected chi connectivity index (χ0v) is 11.9. The highest BCUT2D eigenvalue weighted by Crippen LogP contribution is 2.17. The van der Waals surface area contributed by atoms with Gasteiger partial charge in [0.25, 0.3) is 5.91 Å². The van der Waals surface area contributed by atoms with Gasteiger partial charge in [0.15, 0.2) is 0 Å². The summed E-state index contributed by atoms with van der Waals surface area (Å²) in [5, 5.41) is 2.82. The smallest absolute Gasteiger partial charge is 0.255 e. The molecule has 0 saturated carbocycles. The molecule has 0 saturated heterocycles. The molecule has 3 N–H and O–H groups in total. The zero-order chi connectivity index (χ0) is 13.7. The maximum atomic E-state index is 12.0. The van der Waals surface area contributed by atoms with E-state index < -0.39 is 0 Å². The van der Waals surface area contributed by atoms with Crippen molar-refractivity contribution in [1.29, 1.82) is 0 Å². The Morgan fingerprint density at radius 3 is 2.50 bits per heavy atom. The molecule has 0 unspecified atom stereocenters. The van der Waals surface area contributed by atoms with Crippen LogP contribution in [0.25, 0.3) is 0 Å². The Labute approximate surface area is 124 Å². The molecular weight excluding hydrogens is 276 g/mol. The lowest BCUT2D eigenvalue weighted by Gasteiger charge is -2.07. The summed E-state index contributed by atoms with van der Waals surface area (Å²) < 4.78 is 5.11. The number of carbonyl (C=O) groups is 1. The minimum atomic E-state index is -0.156. The molecule has 2 aromatic rings. The molecule has 1 amide bonds. The monoisotopic (exact) mass is 292 g/mol. The van der Waals surface area contributed by atoms with E-state index >= 15 is 0 Å². The summed E-state index contributed by atoms with van der Waals surface area (Å²) in [4.78, 5) is 12.0. The van der Waals surface area contributed by atoms with Crippen molar-refractivity contribution in [2.24, 2.45) is 5.73 Å². The zero-order valence-electron chi connectivity index (χ0n) is 11.1. The van der Waals surface area contributed by atoms with Gasteiger partial charge in [-0.2, -0.15) is 0 Å². The van der Waals surface area contributed by atoms with E-state index in [1.165, 1.54) is 0 Å². The Bertz CT molecular complexity index is 570. The molecule has 0 aromatic heterocycles. The molecule has 0 aliphatic heterocycles. The second-order valence-electron chi connectivity index (χ2n) is 4.09. The van der Waals surface area contributed by atoms with Gasteiger partial charge >= 0.3 is 0 Å². The number of carbonyl (C=O) groups excluding carboxylic acids is 1. The van der Waals surface area contributed by atoms with E-state index in [9.17, 15) is 4.79 Å². The van der Waals surface area contributed by atoms with Gasteiger partial charge < -0.3 is 15.8 Å². The standard InChI is InChI=1S/C15H16N2O2.ClH/c1-19-14-4-2-3-13(9-14)17-15(18)12-7-5-11(10-16)6-8-12;/h2-9H,10,16H2,1H3,(H,17,18);1H. The van der Waals surface area contributed by atoms with Crippen LogP contribution in [0.3, 0.4) is 0 Å². The Hall–Kier alpha value is -2.04. The maximum absolute atomic E-state index is 12.0. The molecule has 4 nitrogen and oxygen atoms in total. The molecule has 0 heterocycles. The molecule has 0 aliphatic rings. The molecule has 2 rings (SSSR count). The van der Waals surface area contributed by atoms with Crippen molar-refractivity contribution in [2.45, 2.75) is 6.54 Å². The van der Waals surface area contributed by atoms with Crippen molar-refractivity contribution in [3.05, 3.63) is 59.7 Å². The Kier molecular flexibility index (Phi) is 6.03. The Balaban J connectivity index is 0.00000200. The lowest BCUT2D eigenvalue weighted by atomic mass is 10.1. The molecule has 0 radical (unpaired) electrons. The van der Waals surface area contributed by atoms with E-state index in [0.29, 0.717) is 23.5 Å². The molecule has 0 aliphatic carbocycles. The first kappa shape index (κ1) is 16.0. The molecule has 0 spiro atoms. The van der Waals surface area contributed by atoms with Gasteiger partial charge in [-0.1, -0.05) is 18.2 Å². The summed E-state index contributed by atoms with van der Waals surface area (Å²) >= 11 is 0. The predicted octanol–water partition coefficient (Wildman–Crippen LogP) is 2.83. The lowest BCUT2D eigenvalue weighted by molar-refractivity contribution is 0.102. The number of hydrogen-bond acceptors (Lipinski definition) is 3. The predicted molar refractivity (Wildman–Crippen MR) is 82.5 cm³/mol. The Morgan fingerprint density at radius 2 is 1.90 bits per heavy atom. The summed E-state index contributed by atoms with van der Waals surface area (Å²) in [5.74, 6) is 0.549. The van der Waals surface area contributed by atoms with Crippen LogP contribution >= 0.6 is 12.4 Å². The molecule has 106 valence electrons. The molecular formula is C15H17ClN2O2. The molecule has 0 bridgehead atoms. The number of amides is 1. The molecule has 20 heavy (non-hydrogen) atoms. The van der Waals surface area contributed by atoms with Crippen LogP contribution in [0.4, 0.5) is 5.69 Å². The van der Waals surface area contributed by atoms with Gasteiger partial charge in [-0.05, 0) is 29.8 Å². The van der Waals surface area contributed by atoms with Crippen molar-refractivity contribution < 1.29 is 9.53 Å². The number of halogens is 1. The third-order valence-electron chi connectivity index (χ3n) is 2.78. The largest absolute Gasteiger partial charge is 0.497 e. The van der Waals surface area contributed by atoms with E-state index in [0.717, 1.165) is 5.56 Å². The van der Waals surface area contributed by atoms with Crippen LogP contribution in [0.2, 0.25) is 0 Å². The highest BCUT2D eigenvalue weighted by molar-refractivity contribution is 6.04. The number of nitrogens with two attached hydrogens (primary N) is 1. The maximum Gasteiger partial charge on any atom is 0.255 e. The average molecular weight is 293 g/mol. The lowest BCUT2D eigenvalue weighted by Crippen LogP contribution is -2.12. The second-order valence-corrected chi connectivity index (χ2v) is 4.09. The van der Waals surface area contributed by atoms with Crippen LogP contribution in [0.1, 0.15) is 15.9 Å². The van der Waals surface area contributed by atoms with Gasteiger partial charge in [-0.15, -0.1) is 12.4 Å². The van der Waals surface area contributed by atoms with Crippen molar-refractivity contribution >= 4 is 24.0 Å². The molecule has 5 heteroatoms. The molecule has 2 aromatic carbocycles. The molecule has 0 fully saturated rings. The van der Waals surface area contributed by atoms with E-state index in [-0.39, 0.29) is 18.3 Å². The molecule has 0 atom stereocenters. The number of nitrogens with one attached hydrogen (secondary N) is 1. The van der Waals surface area contributed by atoms with Crippen molar-refractivity contribution in [3.63, 3.8) is 0 Å². The fourth-order valence-electron chi connectivity index (χ4n) is 1.70. The van der Waals surface area contributed by atoms with Crippen LogP contribution in [0.5, 0.6) is 5.75 Å². The van der Waals surface area contributed by atoms with Crippen LogP contribution < -0.4 is 15.8 Å². The first-order valence-corrected chi connectivity index (χ1v) is 5.97. The van der Waals surface area contributed by atoms with Gasteiger partial charge in [0.2, 0.25) is 0 Å². The Morgan fingerprint density at radius 1 is 1.20 bits per heavy atom. The summed E-state index contributed by atoms with van der Waals surface area (Å²) in [6, 6.07) is 14.5. The number of anilines is 1. The highest BCUT2D eigenvalue weighted by atomic mass is 35.5. The van der Waals surface area contributed by atoms with Gasteiger partial charge in [0, 0.05) is 23.9 Å². The van der Waals surface area contributed by atoms with Crippen molar-refractivity contribution in [2.75, 3.05) is 12.4 Å². The van der Waals surface area contributed by atoms with Gasteiger partial charge in [-0.3, -0.25) is 4.79 Å². The fraction of sp³-hybridized carbons (Fsp3) is 0.133. The van der Waals surface area contributed by atoms with Crippen LogP contribution in [-0.2, 0) is 6.54 Å². The minimum absolute atomic E-state index is 0. The minimum Gasteiger partial charge on any atom is -0.497 e. The van der Waals surface area contributed by atoms with E-state index in [2.05, 4.69) is 5.32 Å². The highest BCUT2D eigenvalue weighted by Gasteiger charge is 2.06. The van der Waals surface area contributed by atoms with E-state index in [1.54, 1.807) is 25.3 Å². The number of hydrogen-bond donors (Lipinski definition) is 2. The number of methoxy groups -OCH3 is 1. The van der Waals surface area contributed by atoms with Gasteiger partial charge in [0.1, 0.15) is 5.75 Å². The third kappa shape index (κ3) is 3.98. The second kappa shape index (κ2) is 7.53. The normalized spacial score (nSPS) is 9.50. The summed E-state index contributed by atoms with van der Waals surface area (Å²) in [7, 11) is 1.59. The van der Waals surface area contributed by atoms with Crippen LogP contribution in [-0.4, -0.2) is 13.0 Å². The van der Waals surface area contributed by atoms with Crippen LogP contribution in [0.15, 0.2) is 48.5 Å². The summed E-state index contributed by atoms with van der Waals surface area (Å²) in [6.45, 7) is 0.470. The van der Waals surface area contributed by atoms with Crippen molar-refractivity contribution in [3.8, 4) is 5.75 Å². The quantitative estimate of drug-likeness (QED) is 0.911. The van der Waals surface area contributed by atoms with E-state index in [1.807, 2.05) is 30.3 Å². The number of rotatable bonds is 4. The SMILES string of the molecule is COc1cccc(NC(=O)c2ccc(CN)cc2)c1.Cl. The number of benzene rings is 2. The number of ether oxygens (including phenoxy) is 1.